The Morgan fingerprint density at radius 1 is 0.309 bits per heavy atom. The van der Waals surface area contributed by atoms with Gasteiger partial charge in [0.15, 0.2) is 17.2 Å². The summed E-state index contributed by atoms with van der Waals surface area (Å²) < 4.78 is 235. The van der Waals surface area contributed by atoms with Gasteiger partial charge < -0.3 is 21.1 Å². The zero-order chi connectivity index (χ0) is 70.2. The molecule has 0 spiro atoms. The van der Waals surface area contributed by atoms with E-state index >= 15 is 0 Å². The summed E-state index contributed by atoms with van der Waals surface area (Å²) in [5, 5.41) is 69.5. The highest BCUT2D eigenvalue weighted by Crippen LogP contribution is 2.49. The summed E-state index contributed by atoms with van der Waals surface area (Å²) in [4.78, 5) is -3.27. The molecule has 488 valence electrons. The lowest BCUT2D eigenvalue weighted by Gasteiger charge is -2.13. The third kappa shape index (κ3) is 20.5. The van der Waals surface area contributed by atoms with E-state index in [1.54, 1.807) is 54.6 Å². The Morgan fingerprint density at radius 3 is 1.12 bits per heavy atom. The fraction of sp³-hybridized carbons (Fsp3) is 0. The summed E-state index contributed by atoms with van der Waals surface area (Å²) in [6, 6.07) is 39.4. The molecule has 0 atom stereocenters. The second kappa shape index (κ2) is 31.8. The molecule has 10 aromatic rings. The van der Waals surface area contributed by atoms with E-state index in [1.807, 2.05) is 54.6 Å². The number of aromatic hydroxyl groups is 3. The molecule has 0 saturated carbocycles. The van der Waals surface area contributed by atoms with Crippen molar-refractivity contribution in [3.63, 3.8) is 0 Å². The van der Waals surface area contributed by atoms with E-state index in [-0.39, 0.29) is 39.3 Å². The minimum absolute atomic E-state index is 0.0496. The number of phenolic OH excluding ortho intramolecular Hbond substituents is 3. The molecule has 0 amide bonds. The quantitative estimate of drug-likeness (QED) is 0.0362. The standard InChI is InChI=1S/C50H33N9O12S3.5O3S/c51-44-43-31(12-19-39(49(43)62)56-53-34-15-16-35-30(23-34)11-18-38(47(35)60)55-52-32-13-9-26-5-1-3-7-28(26)21-32)24-41(72(63,64)65)45(44)58-57-40-20-17-36-37(50(40)74(69,70)71)25-42(73(66,67)68)46(48(36)61)59-54-33-14-10-27-6-2-4-8-29(27)22-33;5*1-4(2)3/h1-25,60-62H,51H2,(H,63,64,65)(H,66,67,68)(H,69,70,71);;;;;. The second-order valence-corrected chi connectivity index (χ2v) is 23.6. The molecule has 0 bridgehead atoms. The Balaban J connectivity index is 0.000000705. The minimum atomic E-state index is -5.47. The smallest absolute Gasteiger partial charge is 0.425 e. The summed E-state index contributed by atoms with van der Waals surface area (Å²) in [6.07, 6.45) is 0. The van der Waals surface area contributed by atoms with Crippen molar-refractivity contribution in [1.82, 2.24) is 0 Å². The van der Waals surface area contributed by atoms with Crippen LogP contribution in [0.1, 0.15) is 0 Å². The fourth-order valence-corrected chi connectivity index (χ4v) is 10.3. The Kier molecular flexibility index (Phi) is 24.9. The number of hydrogen-bond acceptors (Lipinski definition) is 33. The predicted octanol–water partition coefficient (Wildman–Crippen LogP) is 8.53. The van der Waals surface area contributed by atoms with Gasteiger partial charge in [0, 0.05) is 16.2 Å². The van der Waals surface area contributed by atoms with Crippen molar-refractivity contribution >= 4 is 188 Å². The van der Waals surface area contributed by atoms with Crippen molar-refractivity contribution < 1.29 is 117 Å². The van der Waals surface area contributed by atoms with E-state index in [9.17, 15) is 54.2 Å². The molecule has 0 radical (unpaired) electrons. The lowest BCUT2D eigenvalue weighted by molar-refractivity contribution is 0.471. The monoisotopic (exact) mass is 1450 g/mol. The number of benzene rings is 10. The van der Waals surface area contributed by atoms with E-state index in [0.29, 0.717) is 22.5 Å². The first kappa shape index (κ1) is 73.7. The van der Waals surface area contributed by atoms with E-state index in [1.165, 1.54) is 18.2 Å². The molecule has 36 nitrogen and oxygen atoms in total. The van der Waals surface area contributed by atoms with E-state index in [4.69, 9.17) is 68.9 Å². The van der Waals surface area contributed by atoms with Crippen LogP contribution in [0.15, 0.2) is 207 Å². The first-order valence-corrected chi connectivity index (χ1v) is 33.3. The van der Waals surface area contributed by atoms with E-state index in [0.717, 1.165) is 39.7 Å². The fourth-order valence-electron chi connectivity index (χ4n) is 8.21. The number of fused-ring (bicyclic) bond motifs is 5. The minimum Gasteiger partial charge on any atom is -0.505 e. The largest absolute Gasteiger partial charge is 0.505 e. The molecule has 0 aliphatic rings. The molecule has 0 aromatic heterocycles. The van der Waals surface area contributed by atoms with E-state index in [2.05, 4.69) is 40.9 Å². The maximum absolute atomic E-state index is 13.0. The summed E-state index contributed by atoms with van der Waals surface area (Å²) in [5.41, 5.74) is 4.49. The zero-order valence-electron chi connectivity index (χ0n) is 45.6. The third-order valence-corrected chi connectivity index (χ3v) is 14.4. The number of azo groups is 4. The number of rotatable bonds is 11. The van der Waals surface area contributed by atoms with E-state index < -0.39 is 143 Å². The summed E-state index contributed by atoms with van der Waals surface area (Å²) in [5.74, 6) is -1.77. The highest BCUT2D eigenvalue weighted by atomic mass is 32.2. The highest BCUT2D eigenvalue weighted by molar-refractivity contribution is 7.86. The SMILES string of the molecule is Nc1c(N=Nc2ccc3c(O)c(N=Nc4ccc5ccccc5c4)c(S(=O)(=O)O)cc3c2S(=O)(=O)O)c(S(=O)(=O)O)cc2ccc(N=Nc3ccc4c(O)c(N=Nc5ccc6ccccc6c5)ccc4c3)c(O)c12.O=S(=O)=O.O=S(=O)=O.O=S(=O)=O.O=S(=O)=O.O=S(=O)=O. The van der Waals surface area contributed by atoms with Gasteiger partial charge in [-0.3, -0.25) is 13.7 Å². The van der Waals surface area contributed by atoms with Crippen molar-refractivity contribution in [2.24, 2.45) is 40.9 Å². The maximum Gasteiger partial charge on any atom is 0.425 e. The lowest BCUT2D eigenvalue weighted by Crippen LogP contribution is -2.03. The molecule has 0 saturated heterocycles. The van der Waals surface area contributed by atoms with Crippen LogP contribution in [0.25, 0.3) is 53.9 Å². The number of nitrogens with zero attached hydrogens (tertiary/aromatic N) is 8. The lowest BCUT2D eigenvalue weighted by atomic mass is 10.1. The molecule has 0 heterocycles. The van der Waals surface area contributed by atoms with Gasteiger partial charge in [-0.1, -0.05) is 72.8 Å². The van der Waals surface area contributed by atoms with Gasteiger partial charge in [-0.05, 0) is 111 Å². The topological polar surface area (TPSA) is 605 Å². The average Bonchev–Trinajstić information content (AvgIpc) is 0.750. The van der Waals surface area contributed by atoms with Gasteiger partial charge in [0.1, 0.15) is 43.1 Å². The Bertz CT molecular complexity index is 5640. The number of anilines is 1. The van der Waals surface area contributed by atoms with Crippen LogP contribution in [0.2, 0.25) is 0 Å². The van der Waals surface area contributed by atoms with Gasteiger partial charge >= 0.3 is 53.0 Å². The predicted molar refractivity (Wildman–Crippen MR) is 324 cm³/mol. The van der Waals surface area contributed by atoms with Crippen molar-refractivity contribution in [2.75, 3.05) is 5.73 Å². The van der Waals surface area contributed by atoms with Gasteiger partial charge in [-0.15, -0.1) is 88.7 Å². The maximum atomic E-state index is 13.0. The normalized spacial score (nSPS) is 11.4. The van der Waals surface area contributed by atoms with Crippen LogP contribution in [0.5, 0.6) is 17.2 Å². The van der Waals surface area contributed by atoms with Gasteiger partial charge in [0.05, 0.1) is 28.1 Å². The first-order valence-electron chi connectivity index (χ1n) is 24.0. The molecule has 0 fully saturated rings. The van der Waals surface area contributed by atoms with Crippen molar-refractivity contribution in [3.05, 3.63) is 152 Å². The summed E-state index contributed by atoms with van der Waals surface area (Å²) in [7, 11) is -31.6. The molecule has 0 unspecified atom stereocenters. The van der Waals surface area contributed by atoms with Gasteiger partial charge in [0.25, 0.3) is 30.4 Å². The molecule has 44 heteroatoms. The molecule has 10 aromatic carbocycles. The van der Waals surface area contributed by atoms with Crippen LogP contribution in [0.4, 0.5) is 51.2 Å². The second-order valence-electron chi connectivity index (χ2n) is 17.4. The van der Waals surface area contributed by atoms with Crippen molar-refractivity contribution in [2.45, 2.75) is 14.7 Å². The average molecular weight is 1450 g/mol. The number of nitrogen functional groups attached to an aromatic ring is 1. The molecule has 8 N–H and O–H groups in total. The molecule has 10 rings (SSSR count). The van der Waals surface area contributed by atoms with Gasteiger partial charge in [-0.25, -0.2) is 0 Å². The van der Waals surface area contributed by atoms with Crippen LogP contribution in [-0.4, -0.2) is 117 Å². The highest BCUT2D eigenvalue weighted by Gasteiger charge is 2.29. The Labute approximate surface area is 532 Å². The van der Waals surface area contributed by atoms with Crippen LogP contribution >= 0.6 is 0 Å². The molecule has 0 aliphatic heterocycles. The first-order chi connectivity index (χ1) is 43.9. The zero-order valence-corrected chi connectivity index (χ0v) is 52.1. The molecule has 94 heavy (non-hydrogen) atoms. The number of nitrogens with two attached hydrogens (primary N) is 1. The van der Waals surface area contributed by atoms with Gasteiger partial charge in [0.2, 0.25) is 0 Å². The van der Waals surface area contributed by atoms with Crippen molar-refractivity contribution in [1.29, 1.82) is 0 Å². The van der Waals surface area contributed by atoms with Crippen molar-refractivity contribution in [3.8, 4) is 17.2 Å². The number of phenols is 3. The summed E-state index contributed by atoms with van der Waals surface area (Å²) >= 11 is 0. The molecular formula is C50H33N9O27S8. The molecular weight excluding hydrogens is 1420 g/mol. The Hall–Kier alpha value is -11.1. The summed E-state index contributed by atoms with van der Waals surface area (Å²) in [6.45, 7) is 0. The van der Waals surface area contributed by atoms with Crippen LogP contribution in [0, 0.1) is 0 Å². The third-order valence-electron chi connectivity index (χ3n) is 11.7. The number of hydrogen-bond donors (Lipinski definition) is 7. The molecule has 0 aliphatic carbocycles. The van der Waals surface area contributed by atoms with Gasteiger partial charge in [-0.2, -0.15) is 40.6 Å². The Morgan fingerprint density at radius 2 is 0.660 bits per heavy atom. The van der Waals surface area contributed by atoms with Crippen LogP contribution in [-0.2, 0) is 83.4 Å². The van der Waals surface area contributed by atoms with Crippen LogP contribution < -0.4 is 5.73 Å². The van der Waals surface area contributed by atoms with Crippen LogP contribution in [0.3, 0.4) is 0 Å².